The molecule has 0 saturated heterocycles. The Balaban J connectivity index is 1.47. The van der Waals surface area contributed by atoms with E-state index in [-0.39, 0.29) is 22.5 Å². The molecule has 0 saturated carbocycles. The van der Waals surface area contributed by atoms with Gasteiger partial charge >= 0.3 is 11.9 Å². The lowest BCUT2D eigenvalue weighted by Gasteiger charge is -2.06. The molecule has 0 fully saturated rings. The van der Waals surface area contributed by atoms with E-state index in [1.165, 1.54) is 58.2 Å². The number of nitrogens with zero attached hydrogens (tertiary/aromatic N) is 7. The molecule has 3 aromatic heterocycles. The van der Waals surface area contributed by atoms with Crippen LogP contribution in [0.2, 0.25) is 0 Å². The van der Waals surface area contributed by atoms with Crippen molar-refractivity contribution in [2.75, 3.05) is 0 Å². The van der Waals surface area contributed by atoms with E-state index in [1.807, 2.05) is 0 Å². The SMILES string of the molecule is O=C(O)c1cccc(-n2cc(-c3cccc(-c4cn(-c5cccc(C(=O)O)c5O)nn4)n3)nn2)c1O. The number of pyridine rings is 1. The molecule has 2 aromatic carbocycles. The molecule has 0 atom stereocenters. The standard InChI is InChI=1S/C23H15N7O6/c31-20-12(22(33)34)4-1-8-18(20)29-10-16(25-27-29)14-6-3-7-15(24-14)17-11-30(28-26-17)19-9-2-5-13(21(19)32)23(35)36/h1-11,31-32H,(H,33,34)(H,35,36). The number of para-hydroxylation sites is 2. The van der Waals surface area contributed by atoms with Crippen molar-refractivity contribution < 1.29 is 30.0 Å². The predicted molar refractivity (Wildman–Crippen MR) is 122 cm³/mol. The van der Waals surface area contributed by atoms with E-state index >= 15 is 0 Å². The van der Waals surface area contributed by atoms with E-state index in [2.05, 4.69) is 25.6 Å². The minimum absolute atomic E-state index is 0.135. The number of benzene rings is 2. The lowest BCUT2D eigenvalue weighted by molar-refractivity contribution is 0.0682. The van der Waals surface area contributed by atoms with Gasteiger partial charge in [-0.2, -0.15) is 0 Å². The molecule has 4 N–H and O–H groups in total. The van der Waals surface area contributed by atoms with Crippen LogP contribution in [0.3, 0.4) is 0 Å². The minimum Gasteiger partial charge on any atom is -0.505 e. The van der Waals surface area contributed by atoms with Crippen LogP contribution in [-0.4, -0.2) is 67.3 Å². The van der Waals surface area contributed by atoms with Gasteiger partial charge in [0.15, 0.2) is 11.5 Å². The zero-order chi connectivity index (χ0) is 25.4. The first-order chi connectivity index (χ1) is 17.3. The Hall–Kier alpha value is -5.59. The highest BCUT2D eigenvalue weighted by atomic mass is 16.4. The van der Waals surface area contributed by atoms with Crippen LogP contribution in [0.4, 0.5) is 0 Å². The van der Waals surface area contributed by atoms with Gasteiger partial charge in [0.1, 0.15) is 33.9 Å². The Labute approximate surface area is 201 Å². The number of hydrogen-bond acceptors (Lipinski definition) is 9. The summed E-state index contributed by atoms with van der Waals surface area (Å²) in [5, 5.41) is 55.1. The molecule has 36 heavy (non-hydrogen) atoms. The van der Waals surface area contributed by atoms with E-state index in [4.69, 9.17) is 0 Å². The smallest absolute Gasteiger partial charge is 0.339 e. The quantitative estimate of drug-likeness (QED) is 0.276. The average molecular weight is 485 g/mol. The van der Waals surface area contributed by atoms with Crippen LogP contribution in [0.5, 0.6) is 11.5 Å². The van der Waals surface area contributed by atoms with Crippen molar-refractivity contribution >= 4 is 11.9 Å². The van der Waals surface area contributed by atoms with Crippen LogP contribution in [0.25, 0.3) is 34.2 Å². The van der Waals surface area contributed by atoms with Crippen molar-refractivity contribution in [1.82, 2.24) is 35.0 Å². The Kier molecular flexibility index (Phi) is 5.33. The second-order valence-electron chi connectivity index (χ2n) is 7.46. The van der Waals surface area contributed by atoms with E-state index in [9.17, 15) is 30.0 Å². The number of aromatic hydroxyl groups is 2. The van der Waals surface area contributed by atoms with Crippen molar-refractivity contribution in [2.24, 2.45) is 0 Å². The molecule has 0 aliphatic heterocycles. The average Bonchev–Trinajstić information content (AvgIpc) is 3.55. The summed E-state index contributed by atoms with van der Waals surface area (Å²) in [5.41, 5.74) is 1.25. The monoisotopic (exact) mass is 485 g/mol. The summed E-state index contributed by atoms with van der Waals surface area (Å²) in [6.45, 7) is 0. The molecule has 5 rings (SSSR count). The topological polar surface area (TPSA) is 189 Å². The summed E-state index contributed by atoms with van der Waals surface area (Å²) >= 11 is 0. The number of aromatic nitrogens is 7. The van der Waals surface area contributed by atoms with Crippen molar-refractivity contribution in [3.8, 4) is 45.6 Å². The van der Waals surface area contributed by atoms with Crippen LogP contribution < -0.4 is 0 Å². The zero-order valence-corrected chi connectivity index (χ0v) is 18.1. The minimum atomic E-state index is -1.28. The molecular formula is C23H15N7O6. The highest BCUT2D eigenvalue weighted by Gasteiger charge is 2.18. The van der Waals surface area contributed by atoms with Crippen LogP contribution in [0.1, 0.15) is 20.7 Å². The number of rotatable bonds is 6. The summed E-state index contributed by atoms with van der Waals surface area (Å²) in [6.07, 6.45) is 2.97. The molecule has 0 radical (unpaired) electrons. The molecule has 0 amide bonds. The Bertz CT molecular complexity index is 1520. The first-order valence-electron chi connectivity index (χ1n) is 10.3. The number of hydrogen-bond donors (Lipinski definition) is 4. The third kappa shape index (κ3) is 3.86. The molecule has 13 nitrogen and oxygen atoms in total. The van der Waals surface area contributed by atoms with E-state index in [1.54, 1.807) is 18.2 Å². The lowest BCUT2D eigenvalue weighted by Crippen LogP contribution is -2.01. The first kappa shape index (κ1) is 22.2. The van der Waals surface area contributed by atoms with Gasteiger partial charge in [0.25, 0.3) is 0 Å². The number of carboxylic acid groups (broad SMARTS) is 2. The van der Waals surface area contributed by atoms with Gasteiger partial charge in [-0.15, -0.1) is 10.2 Å². The number of aromatic carboxylic acids is 2. The van der Waals surface area contributed by atoms with Crippen molar-refractivity contribution in [1.29, 1.82) is 0 Å². The Morgan fingerprint density at radius 2 is 1.03 bits per heavy atom. The number of carboxylic acids is 2. The fourth-order valence-electron chi connectivity index (χ4n) is 3.50. The maximum Gasteiger partial charge on any atom is 0.339 e. The molecule has 13 heteroatoms. The normalized spacial score (nSPS) is 10.9. The first-order valence-corrected chi connectivity index (χ1v) is 10.3. The molecular weight excluding hydrogens is 470 g/mol. The van der Waals surface area contributed by atoms with E-state index < -0.39 is 23.4 Å². The molecule has 0 spiro atoms. The molecule has 0 unspecified atom stereocenters. The largest absolute Gasteiger partial charge is 0.505 e. The fraction of sp³-hybridized carbons (Fsp3) is 0. The van der Waals surface area contributed by atoms with Crippen LogP contribution in [0, 0.1) is 0 Å². The van der Waals surface area contributed by atoms with Gasteiger partial charge in [0.05, 0.1) is 23.8 Å². The van der Waals surface area contributed by atoms with Gasteiger partial charge in [-0.1, -0.05) is 28.6 Å². The molecule has 3 heterocycles. The van der Waals surface area contributed by atoms with Gasteiger partial charge in [-0.3, -0.25) is 0 Å². The highest BCUT2D eigenvalue weighted by Crippen LogP contribution is 2.29. The summed E-state index contributed by atoms with van der Waals surface area (Å²) in [6, 6.07) is 13.6. The van der Waals surface area contributed by atoms with Crippen molar-refractivity contribution in [2.45, 2.75) is 0 Å². The van der Waals surface area contributed by atoms with Crippen molar-refractivity contribution in [3.63, 3.8) is 0 Å². The Morgan fingerprint density at radius 3 is 1.44 bits per heavy atom. The number of carbonyl (C=O) groups is 2. The summed E-state index contributed by atoms with van der Waals surface area (Å²) in [4.78, 5) is 27.1. The van der Waals surface area contributed by atoms with Crippen LogP contribution >= 0.6 is 0 Å². The second-order valence-corrected chi connectivity index (χ2v) is 7.46. The van der Waals surface area contributed by atoms with E-state index in [0.29, 0.717) is 22.8 Å². The number of phenols is 2. The second kappa shape index (κ2) is 8.64. The van der Waals surface area contributed by atoms with Crippen LogP contribution in [0.15, 0.2) is 67.0 Å². The zero-order valence-electron chi connectivity index (χ0n) is 18.1. The molecule has 0 aliphatic rings. The summed E-state index contributed by atoms with van der Waals surface area (Å²) < 4.78 is 2.47. The Morgan fingerprint density at radius 1 is 0.611 bits per heavy atom. The molecule has 178 valence electrons. The maximum absolute atomic E-state index is 11.3. The lowest BCUT2D eigenvalue weighted by atomic mass is 10.1. The third-order valence-corrected chi connectivity index (χ3v) is 5.24. The molecule has 5 aromatic rings. The molecule has 0 bridgehead atoms. The van der Waals surface area contributed by atoms with E-state index in [0.717, 1.165) is 0 Å². The highest BCUT2D eigenvalue weighted by molar-refractivity contribution is 5.92. The van der Waals surface area contributed by atoms with Gasteiger partial charge < -0.3 is 20.4 Å². The van der Waals surface area contributed by atoms with Gasteiger partial charge in [0.2, 0.25) is 0 Å². The van der Waals surface area contributed by atoms with Gasteiger partial charge in [-0.05, 0) is 36.4 Å². The molecule has 0 aliphatic carbocycles. The fourth-order valence-corrected chi connectivity index (χ4v) is 3.50. The summed E-state index contributed by atoms with van der Waals surface area (Å²) in [5.74, 6) is -3.45. The maximum atomic E-state index is 11.3. The predicted octanol–water partition coefficient (Wildman–Crippen LogP) is 2.38. The van der Waals surface area contributed by atoms with Crippen LogP contribution in [-0.2, 0) is 0 Å². The van der Waals surface area contributed by atoms with Crippen molar-refractivity contribution in [3.05, 3.63) is 78.1 Å². The van der Waals surface area contributed by atoms with Gasteiger partial charge in [-0.25, -0.2) is 23.9 Å². The summed E-state index contributed by atoms with van der Waals surface area (Å²) in [7, 11) is 0. The third-order valence-electron chi connectivity index (χ3n) is 5.24. The van der Waals surface area contributed by atoms with Gasteiger partial charge in [0, 0.05) is 0 Å².